The second-order valence-electron chi connectivity index (χ2n) is 5.30. The summed E-state index contributed by atoms with van der Waals surface area (Å²) in [6.45, 7) is 4.21. The van der Waals surface area contributed by atoms with E-state index in [9.17, 15) is 4.79 Å². The van der Waals surface area contributed by atoms with E-state index in [0.717, 1.165) is 31.5 Å². The van der Waals surface area contributed by atoms with Gasteiger partial charge in [-0.1, -0.05) is 11.3 Å². The van der Waals surface area contributed by atoms with Crippen molar-refractivity contribution in [3.8, 4) is 0 Å². The molecule has 1 N–H and O–H groups in total. The minimum absolute atomic E-state index is 0.0321. The zero-order valence-corrected chi connectivity index (χ0v) is 12.7. The highest BCUT2D eigenvalue weighted by Gasteiger charge is 2.26. The maximum Gasteiger partial charge on any atom is 0.240 e. The Morgan fingerprint density at radius 2 is 2.48 bits per heavy atom. The number of nitrogens with one attached hydrogen (secondary N) is 1. The number of hydrogen-bond donors (Lipinski definition) is 1. The van der Waals surface area contributed by atoms with Gasteiger partial charge in [-0.25, -0.2) is 0 Å². The van der Waals surface area contributed by atoms with E-state index in [1.54, 1.807) is 5.51 Å². The minimum atomic E-state index is -0.0321. The number of rotatable bonds is 5. The van der Waals surface area contributed by atoms with E-state index >= 15 is 0 Å². The number of aromatic nitrogens is 4. The highest BCUT2D eigenvalue weighted by atomic mass is 32.1. The second kappa shape index (κ2) is 6.31. The Labute approximate surface area is 127 Å². The van der Waals surface area contributed by atoms with E-state index in [2.05, 4.69) is 25.5 Å². The van der Waals surface area contributed by atoms with E-state index in [-0.39, 0.29) is 5.91 Å². The molecule has 2 aromatic rings. The molecule has 0 aliphatic carbocycles. The zero-order valence-electron chi connectivity index (χ0n) is 11.9. The molecule has 2 aromatic heterocycles. The van der Waals surface area contributed by atoms with Crippen molar-refractivity contribution in [1.29, 1.82) is 0 Å². The number of nitrogens with zero attached hydrogens (tertiary/aromatic N) is 5. The number of hydrogen-bond acceptors (Lipinski definition) is 6. The molecule has 1 amide bonds. The second-order valence-corrected chi connectivity index (χ2v) is 6.13. The Kier molecular flexibility index (Phi) is 4.26. The van der Waals surface area contributed by atoms with Crippen LogP contribution >= 0.6 is 11.3 Å². The predicted octanol–water partition coefficient (Wildman–Crippen LogP) is 1.15. The first kappa shape index (κ1) is 14.2. The van der Waals surface area contributed by atoms with Gasteiger partial charge in [-0.3, -0.25) is 19.7 Å². The summed E-state index contributed by atoms with van der Waals surface area (Å²) in [5, 5.41) is 15.2. The molecule has 1 unspecified atom stereocenters. The summed E-state index contributed by atoms with van der Waals surface area (Å²) in [7, 11) is 0. The summed E-state index contributed by atoms with van der Waals surface area (Å²) >= 11 is 1.33. The standard InChI is InChI=1S/C13H18N6OS/c1-10-5-15-19(6-10)7-11-3-2-4-18(11)8-12(20)16-13-17-14-9-21-13/h5-6,9,11H,2-4,7-8H2,1H3,(H,16,17,20). The van der Waals surface area contributed by atoms with Crippen LogP contribution in [0.1, 0.15) is 18.4 Å². The Balaban J connectivity index is 1.55. The van der Waals surface area contributed by atoms with E-state index in [1.807, 2.05) is 24.0 Å². The average molecular weight is 306 g/mol. The van der Waals surface area contributed by atoms with Crippen molar-refractivity contribution in [2.75, 3.05) is 18.4 Å². The molecule has 7 nitrogen and oxygen atoms in total. The van der Waals surface area contributed by atoms with Gasteiger partial charge in [0.25, 0.3) is 0 Å². The first-order chi connectivity index (χ1) is 10.2. The third-order valence-corrected chi connectivity index (χ3v) is 4.22. The molecule has 1 aliphatic rings. The first-order valence-corrected chi connectivity index (χ1v) is 7.88. The Bertz CT molecular complexity index is 596. The summed E-state index contributed by atoms with van der Waals surface area (Å²) in [6, 6.07) is 0.365. The summed E-state index contributed by atoms with van der Waals surface area (Å²) in [4.78, 5) is 14.2. The topological polar surface area (TPSA) is 75.9 Å². The fraction of sp³-hybridized carbons (Fsp3) is 0.538. The molecule has 0 aromatic carbocycles. The van der Waals surface area contributed by atoms with Crippen molar-refractivity contribution in [3.05, 3.63) is 23.5 Å². The summed E-state index contributed by atoms with van der Waals surface area (Å²) in [5.74, 6) is -0.0321. The third-order valence-electron chi connectivity index (χ3n) is 3.61. The van der Waals surface area contributed by atoms with Gasteiger partial charge in [-0.15, -0.1) is 10.2 Å². The predicted molar refractivity (Wildman–Crippen MR) is 80.1 cm³/mol. The number of aryl methyl sites for hydroxylation is 1. The molecule has 1 atom stereocenters. The van der Waals surface area contributed by atoms with Crippen molar-refractivity contribution >= 4 is 22.4 Å². The molecule has 0 bridgehead atoms. The number of carbonyl (C=O) groups is 1. The number of amides is 1. The van der Waals surface area contributed by atoms with Crippen LogP contribution in [0.15, 0.2) is 17.9 Å². The van der Waals surface area contributed by atoms with Crippen LogP contribution in [0.25, 0.3) is 0 Å². The van der Waals surface area contributed by atoms with Crippen molar-refractivity contribution in [3.63, 3.8) is 0 Å². The molecule has 0 spiro atoms. The Hall–Kier alpha value is -1.80. The van der Waals surface area contributed by atoms with Gasteiger partial charge < -0.3 is 0 Å². The van der Waals surface area contributed by atoms with Gasteiger partial charge in [-0.2, -0.15) is 5.10 Å². The van der Waals surface area contributed by atoms with E-state index < -0.39 is 0 Å². The average Bonchev–Trinajstić information content (AvgIpc) is 3.15. The fourth-order valence-electron chi connectivity index (χ4n) is 2.66. The lowest BCUT2D eigenvalue weighted by Gasteiger charge is -2.23. The molecule has 0 saturated carbocycles. The van der Waals surface area contributed by atoms with Gasteiger partial charge >= 0.3 is 0 Å². The van der Waals surface area contributed by atoms with Crippen LogP contribution in [-0.2, 0) is 11.3 Å². The number of carbonyl (C=O) groups excluding carboxylic acids is 1. The van der Waals surface area contributed by atoms with Gasteiger partial charge in [0.15, 0.2) is 0 Å². The van der Waals surface area contributed by atoms with E-state index in [1.165, 1.54) is 11.3 Å². The summed E-state index contributed by atoms with van der Waals surface area (Å²) in [5.41, 5.74) is 2.77. The van der Waals surface area contributed by atoms with Gasteiger partial charge in [0.2, 0.25) is 11.0 Å². The van der Waals surface area contributed by atoms with E-state index in [4.69, 9.17) is 0 Å². The zero-order chi connectivity index (χ0) is 14.7. The molecule has 0 radical (unpaired) electrons. The number of anilines is 1. The monoisotopic (exact) mass is 306 g/mol. The molecule has 3 heterocycles. The number of likely N-dealkylation sites (tertiary alicyclic amines) is 1. The molecule has 8 heteroatoms. The molecule has 1 saturated heterocycles. The van der Waals surface area contributed by atoms with E-state index in [0.29, 0.717) is 17.7 Å². The smallest absolute Gasteiger partial charge is 0.240 e. The highest BCUT2D eigenvalue weighted by molar-refractivity contribution is 7.13. The highest BCUT2D eigenvalue weighted by Crippen LogP contribution is 2.19. The fourth-order valence-corrected chi connectivity index (χ4v) is 3.12. The Morgan fingerprint density at radius 3 is 3.19 bits per heavy atom. The molecule has 3 rings (SSSR count). The quantitative estimate of drug-likeness (QED) is 0.896. The SMILES string of the molecule is Cc1cnn(CC2CCCN2CC(=O)Nc2nncs2)c1. The lowest BCUT2D eigenvalue weighted by Crippen LogP contribution is -2.39. The molecular formula is C13H18N6OS. The molecule has 1 aliphatic heterocycles. The maximum absolute atomic E-state index is 12.0. The third kappa shape index (κ3) is 3.64. The van der Waals surface area contributed by atoms with Crippen molar-refractivity contribution in [1.82, 2.24) is 24.9 Å². The van der Waals surface area contributed by atoms with Crippen molar-refractivity contribution in [2.45, 2.75) is 32.4 Å². The summed E-state index contributed by atoms with van der Waals surface area (Å²) < 4.78 is 1.96. The minimum Gasteiger partial charge on any atom is -0.299 e. The van der Waals surface area contributed by atoms with Crippen LogP contribution in [0, 0.1) is 6.92 Å². The molecule has 112 valence electrons. The lowest BCUT2D eigenvalue weighted by atomic mass is 10.2. The van der Waals surface area contributed by atoms with Crippen LogP contribution in [0.3, 0.4) is 0 Å². The van der Waals surface area contributed by atoms with Crippen LogP contribution in [0.2, 0.25) is 0 Å². The van der Waals surface area contributed by atoms with Gasteiger partial charge in [0, 0.05) is 12.2 Å². The molecular weight excluding hydrogens is 288 g/mol. The van der Waals surface area contributed by atoms with Crippen molar-refractivity contribution < 1.29 is 4.79 Å². The van der Waals surface area contributed by atoms with Crippen LogP contribution in [0.5, 0.6) is 0 Å². The molecule has 1 fully saturated rings. The maximum atomic E-state index is 12.0. The van der Waals surface area contributed by atoms with Crippen molar-refractivity contribution in [2.24, 2.45) is 0 Å². The van der Waals surface area contributed by atoms with Gasteiger partial charge in [0.05, 0.1) is 19.3 Å². The largest absolute Gasteiger partial charge is 0.299 e. The Morgan fingerprint density at radius 1 is 1.57 bits per heavy atom. The first-order valence-electron chi connectivity index (χ1n) is 7.00. The van der Waals surface area contributed by atoms with Crippen LogP contribution < -0.4 is 5.32 Å². The van der Waals surface area contributed by atoms with Gasteiger partial charge in [0.1, 0.15) is 5.51 Å². The molecule has 21 heavy (non-hydrogen) atoms. The summed E-state index contributed by atoms with van der Waals surface area (Å²) in [6.07, 6.45) is 6.13. The van der Waals surface area contributed by atoms with Crippen LogP contribution in [0.4, 0.5) is 5.13 Å². The normalized spacial score (nSPS) is 19.0. The van der Waals surface area contributed by atoms with Crippen LogP contribution in [-0.4, -0.2) is 49.9 Å². The van der Waals surface area contributed by atoms with Gasteiger partial charge in [-0.05, 0) is 31.9 Å². The lowest BCUT2D eigenvalue weighted by molar-refractivity contribution is -0.117.